The number of anilines is 1. The predicted octanol–water partition coefficient (Wildman–Crippen LogP) is 4.88. The van der Waals surface area contributed by atoms with E-state index >= 15 is 0 Å². The van der Waals surface area contributed by atoms with Crippen molar-refractivity contribution in [3.8, 4) is 0 Å². The van der Waals surface area contributed by atoms with Crippen LogP contribution in [0, 0.1) is 0 Å². The first-order chi connectivity index (χ1) is 10.7. The predicted molar refractivity (Wildman–Crippen MR) is 94.9 cm³/mol. The number of benzene rings is 1. The molecule has 0 unspecified atom stereocenters. The fraction of sp³-hybridized carbons (Fsp3) is 0.294. The molecule has 2 heterocycles. The maximum Gasteiger partial charge on any atom is 0.226 e. The number of fused-ring (bicyclic) bond motifs is 1. The lowest BCUT2D eigenvalue weighted by Gasteiger charge is -2.00. The van der Waals surface area contributed by atoms with Crippen LogP contribution < -0.4 is 5.32 Å². The highest BCUT2D eigenvalue weighted by Gasteiger charge is 2.08. The number of thiophene rings is 1. The summed E-state index contributed by atoms with van der Waals surface area (Å²) in [7, 11) is 0. The first-order valence-corrected chi connectivity index (χ1v) is 9.16. The van der Waals surface area contributed by atoms with E-state index in [1.165, 1.54) is 10.4 Å². The minimum Gasteiger partial charge on any atom is -0.302 e. The molecule has 3 aromatic rings. The number of carbonyl (C=O) groups is 1. The highest BCUT2D eigenvalue weighted by atomic mass is 32.1. The van der Waals surface area contributed by atoms with Crippen LogP contribution in [0.1, 0.15) is 30.2 Å². The molecule has 0 radical (unpaired) electrons. The van der Waals surface area contributed by atoms with Crippen LogP contribution in [-0.4, -0.2) is 10.9 Å². The van der Waals surface area contributed by atoms with E-state index in [9.17, 15) is 4.79 Å². The topological polar surface area (TPSA) is 42.0 Å². The second-order valence-electron chi connectivity index (χ2n) is 5.16. The average Bonchev–Trinajstić information content (AvgIpc) is 3.15. The first kappa shape index (κ1) is 15.2. The van der Waals surface area contributed by atoms with Gasteiger partial charge in [0.1, 0.15) is 0 Å². The van der Waals surface area contributed by atoms with Crippen LogP contribution in [0.4, 0.5) is 5.13 Å². The summed E-state index contributed by atoms with van der Waals surface area (Å²) >= 11 is 3.29. The molecule has 22 heavy (non-hydrogen) atoms. The Bertz CT molecular complexity index is 762. The molecule has 0 aliphatic carbocycles. The van der Waals surface area contributed by atoms with Gasteiger partial charge in [-0.05, 0) is 48.4 Å². The standard InChI is InChI=1S/C17H18N2OS2/c1-2-12-8-9-14-15(11-12)22-17(18-14)19-16(20)7-3-5-13-6-4-10-21-13/h4,6,8-11H,2-3,5,7H2,1H3,(H,18,19,20). The van der Waals surface area contributed by atoms with E-state index in [1.807, 2.05) is 12.1 Å². The van der Waals surface area contributed by atoms with E-state index in [2.05, 4.69) is 40.8 Å². The number of carbonyl (C=O) groups excluding carboxylic acids is 1. The van der Waals surface area contributed by atoms with Crippen LogP contribution in [0.5, 0.6) is 0 Å². The van der Waals surface area contributed by atoms with Gasteiger partial charge in [0, 0.05) is 11.3 Å². The summed E-state index contributed by atoms with van der Waals surface area (Å²) in [6.07, 6.45) is 3.38. The molecule has 0 aliphatic heterocycles. The van der Waals surface area contributed by atoms with Gasteiger partial charge in [-0.1, -0.05) is 30.4 Å². The molecule has 0 atom stereocenters. The van der Waals surface area contributed by atoms with Gasteiger partial charge in [0.15, 0.2) is 5.13 Å². The molecule has 0 fully saturated rings. The molecule has 1 amide bonds. The van der Waals surface area contributed by atoms with Gasteiger partial charge in [0.2, 0.25) is 5.91 Å². The molecule has 114 valence electrons. The zero-order chi connectivity index (χ0) is 15.4. The molecule has 5 heteroatoms. The number of hydrogen-bond acceptors (Lipinski definition) is 4. The fourth-order valence-corrected chi connectivity index (χ4v) is 4.00. The van der Waals surface area contributed by atoms with E-state index in [-0.39, 0.29) is 5.91 Å². The molecule has 0 aliphatic rings. The van der Waals surface area contributed by atoms with Gasteiger partial charge in [0.05, 0.1) is 10.2 Å². The molecule has 0 saturated heterocycles. The smallest absolute Gasteiger partial charge is 0.226 e. The number of thiazole rings is 1. The Morgan fingerprint density at radius 3 is 3.00 bits per heavy atom. The number of amides is 1. The number of nitrogens with one attached hydrogen (secondary N) is 1. The number of hydrogen-bond donors (Lipinski definition) is 1. The largest absolute Gasteiger partial charge is 0.302 e. The van der Waals surface area contributed by atoms with Crippen molar-refractivity contribution in [1.29, 1.82) is 0 Å². The molecule has 1 N–H and O–H groups in total. The number of aryl methyl sites for hydroxylation is 2. The highest BCUT2D eigenvalue weighted by molar-refractivity contribution is 7.22. The lowest BCUT2D eigenvalue weighted by molar-refractivity contribution is -0.116. The number of aromatic nitrogens is 1. The number of nitrogens with zero attached hydrogens (tertiary/aromatic N) is 1. The summed E-state index contributed by atoms with van der Waals surface area (Å²) in [4.78, 5) is 17.8. The van der Waals surface area contributed by atoms with E-state index in [1.54, 1.807) is 22.7 Å². The van der Waals surface area contributed by atoms with Gasteiger partial charge >= 0.3 is 0 Å². The maximum atomic E-state index is 12.0. The van der Waals surface area contributed by atoms with Crippen molar-refractivity contribution in [3.05, 3.63) is 46.2 Å². The Labute approximate surface area is 138 Å². The lowest BCUT2D eigenvalue weighted by Crippen LogP contribution is -2.11. The zero-order valence-electron chi connectivity index (χ0n) is 12.5. The molecule has 1 aromatic carbocycles. The van der Waals surface area contributed by atoms with Crippen molar-refractivity contribution in [1.82, 2.24) is 4.98 Å². The van der Waals surface area contributed by atoms with Gasteiger partial charge in [-0.15, -0.1) is 11.3 Å². The van der Waals surface area contributed by atoms with Crippen LogP contribution in [-0.2, 0) is 17.6 Å². The Hall–Kier alpha value is -1.72. The minimum atomic E-state index is 0.0475. The van der Waals surface area contributed by atoms with Gasteiger partial charge < -0.3 is 5.32 Å². The summed E-state index contributed by atoms with van der Waals surface area (Å²) in [5, 5.41) is 5.69. The van der Waals surface area contributed by atoms with Crippen LogP contribution >= 0.6 is 22.7 Å². The number of rotatable bonds is 6. The van der Waals surface area contributed by atoms with Crippen LogP contribution in [0.25, 0.3) is 10.2 Å². The van der Waals surface area contributed by atoms with Crippen molar-refractivity contribution in [3.63, 3.8) is 0 Å². The molecule has 3 nitrogen and oxygen atoms in total. The molecular formula is C17H18N2OS2. The molecular weight excluding hydrogens is 312 g/mol. The van der Waals surface area contributed by atoms with Gasteiger partial charge in [-0.2, -0.15) is 0 Å². The van der Waals surface area contributed by atoms with Crippen molar-refractivity contribution in [2.75, 3.05) is 5.32 Å². The van der Waals surface area contributed by atoms with Crippen molar-refractivity contribution < 1.29 is 4.79 Å². The van der Waals surface area contributed by atoms with Crippen LogP contribution in [0.3, 0.4) is 0 Å². The highest BCUT2D eigenvalue weighted by Crippen LogP contribution is 2.27. The van der Waals surface area contributed by atoms with Crippen molar-refractivity contribution in [2.45, 2.75) is 32.6 Å². The lowest BCUT2D eigenvalue weighted by atomic mass is 10.2. The summed E-state index contributed by atoms with van der Waals surface area (Å²) in [5.41, 5.74) is 2.25. The van der Waals surface area contributed by atoms with Crippen molar-refractivity contribution in [2.24, 2.45) is 0 Å². The van der Waals surface area contributed by atoms with E-state index < -0.39 is 0 Å². The monoisotopic (exact) mass is 330 g/mol. The van der Waals surface area contributed by atoms with Crippen LogP contribution in [0.2, 0.25) is 0 Å². The fourth-order valence-electron chi connectivity index (χ4n) is 2.30. The SMILES string of the molecule is CCc1ccc2nc(NC(=O)CCCc3cccs3)sc2c1. The third kappa shape index (κ3) is 3.72. The van der Waals surface area contributed by atoms with Gasteiger partial charge in [0.25, 0.3) is 0 Å². The normalized spacial score (nSPS) is 11.0. The molecule has 2 aromatic heterocycles. The summed E-state index contributed by atoms with van der Waals surface area (Å²) < 4.78 is 1.13. The van der Waals surface area contributed by atoms with Gasteiger partial charge in [-0.25, -0.2) is 4.98 Å². The molecule has 0 saturated carbocycles. The molecule has 0 spiro atoms. The Morgan fingerprint density at radius 2 is 2.23 bits per heavy atom. The average molecular weight is 330 g/mol. The third-order valence-corrected chi connectivity index (χ3v) is 5.38. The minimum absolute atomic E-state index is 0.0475. The van der Waals surface area contributed by atoms with E-state index in [0.717, 1.165) is 29.5 Å². The summed E-state index contributed by atoms with van der Waals surface area (Å²) in [5.74, 6) is 0.0475. The van der Waals surface area contributed by atoms with E-state index in [4.69, 9.17) is 0 Å². The van der Waals surface area contributed by atoms with Gasteiger partial charge in [-0.3, -0.25) is 4.79 Å². The Morgan fingerprint density at radius 1 is 1.32 bits per heavy atom. The summed E-state index contributed by atoms with van der Waals surface area (Å²) in [6.45, 7) is 2.14. The molecule has 0 bridgehead atoms. The summed E-state index contributed by atoms with van der Waals surface area (Å²) in [6, 6.07) is 10.4. The quantitative estimate of drug-likeness (QED) is 0.700. The molecule has 3 rings (SSSR count). The van der Waals surface area contributed by atoms with E-state index in [0.29, 0.717) is 11.6 Å². The Balaban J connectivity index is 1.56. The third-order valence-electron chi connectivity index (χ3n) is 3.51. The first-order valence-electron chi connectivity index (χ1n) is 7.46. The second-order valence-corrected chi connectivity index (χ2v) is 7.22. The Kier molecular flexibility index (Phi) is 4.85. The maximum absolute atomic E-state index is 12.0. The van der Waals surface area contributed by atoms with Crippen LogP contribution in [0.15, 0.2) is 35.7 Å². The van der Waals surface area contributed by atoms with Crippen molar-refractivity contribution >= 4 is 43.9 Å². The zero-order valence-corrected chi connectivity index (χ0v) is 14.1. The second kappa shape index (κ2) is 7.03.